The first kappa shape index (κ1) is 50.8. The number of nitrogens with zero attached hydrogens (tertiary/aromatic N) is 1. The van der Waals surface area contributed by atoms with Gasteiger partial charge >= 0.3 is 13.7 Å². The van der Waals surface area contributed by atoms with Gasteiger partial charge in [0.15, 0.2) is 0 Å². The maximum atomic E-state index is 14.6. The lowest BCUT2D eigenvalue weighted by Crippen LogP contribution is -2.60. The molecule has 21 heteroatoms. The Bertz CT molecular complexity index is 2720. The smallest absolute Gasteiger partial charge is 0.408 e. The number of nitrogens with two attached hydrogens (primary N) is 1. The fourth-order valence-electron chi connectivity index (χ4n) is 7.18. The minimum absolute atomic E-state index is 0.0261. The van der Waals surface area contributed by atoms with Gasteiger partial charge in [-0.1, -0.05) is 103 Å². The molecule has 69 heavy (non-hydrogen) atoms. The van der Waals surface area contributed by atoms with Gasteiger partial charge in [0.1, 0.15) is 36.8 Å². The Kier molecular flexibility index (Phi) is 18.0. The van der Waals surface area contributed by atoms with Crippen molar-refractivity contribution in [2.24, 2.45) is 5.73 Å². The first-order valence-electron chi connectivity index (χ1n) is 21.8. The molecule has 0 aliphatic rings. The van der Waals surface area contributed by atoms with Gasteiger partial charge in [-0.25, -0.2) is 9.78 Å². The molecule has 6 amide bonds. The van der Waals surface area contributed by atoms with E-state index in [2.05, 4.69) is 41.5 Å². The molecule has 0 radical (unpaired) electrons. The molecule has 0 spiro atoms. The zero-order valence-corrected chi connectivity index (χ0v) is 38.4. The first-order valence-corrected chi connectivity index (χ1v) is 23.6. The monoisotopic (exact) mass is 963 g/mol. The van der Waals surface area contributed by atoms with Crippen LogP contribution in [0.15, 0.2) is 128 Å². The molecule has 362 valence electrons. The number of primary amides is 1. The van der Waals surface area contributed by atoms with Crippen molar-refractivity contribution in [1.82, 2.24) is 41.5 Å². The number of ether oxygens (including phenoxy) is 2. The molecular weight excluding hydrogens is 910 g/mol. The van der Waals surface area contributed by atoms with Crippen LogP contribution in [0.25, 0.3) is 10.9 Å². The van der Waals surface area contributed by atoms with Crippen LogP contribution in [0.5, 0.6) is 0 Å². The van der Waals surface area contributed by atoms with Crippen LogP contribution in [-0.4, -0.2) is 97.2 Å². The molecule has 4 aromatic carbocycles. The second kappa shape index (κ2) is 24.4. The fourth-order valence-corrected chi connectivity index (χ4v) is 7.87. The number of amides is 6. The number of fused-ring (bicyclic) bond motifs is 1. The van der Waals surface area contributed by atoms with Crippen LogP contribution in [0, 0.1) is 0 Å². The summed E-state index contributed by atoms with van der Waals surface area (Å²) in [6.45, 7) is 0.908. The predicted molar refractivity (Wildman–Crippen MR) is 252 cm³/mol. The zero-order valence-electron chi connectivity index (χ0n) is 37.5. The highest BCUT2D eigenvalue weighted by molar-refractivity contribution is 7.50. The second-order valence-corrected chi connectivity index (χ2v) is 17.9. The van der Waals surface area contributed by atoms with Crippen molar-refractivity contribution >= 4 is 54.1 Å². The Balaban J connectivity index is 1.28. The third-order valence-electron chi connectivity index (χ3n) is 10.8. The minimum Gasteiger partial charge on any atom is -0.445 e. The summed E-state index contributed by atoms with van der Waals surface area (Å²) in [6, 6.07) is 24.6. The molecule has 0 aliphatic heterocycles. The average molecular weight is 964 g/mol. The lowest BCUT2D eigenvalue weighted by atomic mass is 10.0. The van der Waals surface area contributed by atoms with Crippen molar-refractivity contribution in [2.75, 3.05) is 6.61 Å². The maximum Gasteiger partial charge on any atom is 0.408 e. The minimum atomic E-state index is -4.42. The van der Waals surface area contributed by atoms with Crippen LogP contribution < -0.4 is 32.3 Å². The molecule has 6 aromatic rings. The number of para-hydroxylation sites is 1. The number of nitrogens with one attached hydrogen (secondary N) is 7. The molecule has 20 nitrogen and oxygen atoms in total. The van der Waals surface area contributed by atoms with Gasteiger partial charge in [-0.05, 0) is 40.8 Å². The molecule has 2 aromatic heterocycles. The SMILES string of the molecule is C[C@H](NC(=O)[C@@H](Cc1c[nH]c2ccccc12)NC(=O)[C@@H](COCc1ccccc1)NC(=O)C(Cc1ccc(CP(=O)(O)O)cc1)NC(=O)[C@@H](Cc1cnc[nH]1)NC(=O)OCc1ccccc1)C(N)=O. The van der Waals surface area contributed by atoms with Crippen molar-refractivity contribution in [2.45, 2.75) is 75.8 Å². The molecule has 0 saturated carbocycles. The largest absolute Gasteiger partial charge is 0.445 e. The van der Waals surface area contributed by atoms with E-state index in [0.29, 0.717) is 27.9 Å². The highest BCUT2D eigenvalue weighted by atomic mass is 31.2. The molecule has 5 atom stereocenters. The molecule has 11 N–H and O–H groups in total. The topological polar surface area (TPSA) is 309 Å². The van der Waals surface area contributed by atoms with E-state index in [1.165, 1.54) is 43.7 Å². The summed E-state index contributed by atoms with van der Waals surface area (Å²) in [4.78, 5) is 111. The van der Waals surface area contributed by atoms with E-state index in [9.17, 15) is 43.1 Å². The summed E-state index contributed by atoms with van der Waals surface area (Å²) in [5, 5.41) is 14.0. The van der Waals surface area contributed by atoms with Crippen LogP contribution in [0.2, 0.25) is 0 Å². The van der Waals surface area contributed by atoms with E-state index in [4.69, 9.17) is 15.2 Å². The van der Waals surface area contributed by atoms with Crippen LogP contribution in [0.1, 0.15) is 40.4 Å². The van der Waals surface area contributed by atoms with Crippen molar-refractivity contribution < 1.29 is 52.6 Å². The Morgan fingerprint density at radius 2 is 1.19 bits per heavy atom. The number of H-pyrrole nitrogens is 2. The number of aromatic amines is 2. The van der Waals surface area contributed by atoms with Gasteiger partial charge in [0.2, 0.25) is 29.5 Å². The molecule has 2 heterocycles. The molecule has 6 rings (SSSR count). The van der Waals surface area contributed by atoms with E-state index < -0.39 is 86.2 Å². The summed E-state index contributed by atoms with van der Waals surface area (Å²) in [5.74, 6) is -4.09. The van der Waals surface area contributed by atoms with Gasteiger partial charge in [-0.2, -0.15) is 0 Å². The first-order chi connectivity index (χ1) is 33.1. The molecule has 0 fully saturated rings. The Labute approximate surface area is 396 Å². The van der Waals surface area contributed by atoms with Crippen molar-refractivity contribution in [3.8, 4) is 0 Å². The lowest BCUT2D eigenvalue weighted by Gasteiger charge is -2.27. The molecular formula is C48H54N9O11P. The maximum absolute atomic E-state index is 14.6. The third-order valence-corrected chi connectivity index (χ3v) is 11.6. The van der Waals surface area contributed by atoms with E-state index in [1.807, 2.05) is 30.3 Å². The van der Waals surface area contributed by atoms with Crippen LogP contribution in [0.3, 0.4) is 0 Å². The summed E-state index contributed by atoms with van der Waals surface area (Å²) in [7, 11) is -4.42. The number of aromatic nitrogens is 3. The number of benzene rings is 4. The van der Waals surface area contributed by atoms with Crippen LogP contribution in [-0.2, 0) is 76.6 Å². The number of hydrogen-bond acceptors (Lipinski definition) is 10. The van der Waals surface area contributed by atoms with E-state index in [0.717, 1.165) is 16.5 Å². The van der Waals surface area contributed by atoms with Gasteiger partial charge in [-0.3, -0.25) is 28.5 Å². The summed E-state index contributed by atoms with van der Waals surface area (Å²) in [5.41, 5.74) is 9.58. The van der Waals surface area contributed by atoms with Crippen LogP contribution in [0.4, 0.5) is 4.79 Å². The number of hydrogen-bond donors (Lipinski definition) is 10. The highest BCUT2D eigenvalue weighted by Gasteiger charge is 2.33. The number of alkyl carbamates (subject to hydrolysis) is 1. The standard InChI is InChI=1S/C48H54N9O11P/c1-30(43(49)58)53-44(59)40(21-35-23-51-38-15-9-8-14-37(35)38)55-47(62)42(27-67-25-32-10-4-2-5-11-32)56-45(60)39(20-31-16-18-34(19-17-31)28-69(64,65)66)54-46(61)41(22-36-24-50-29-52-36)57-48(63)68-26-33-12-6-3-7-13-33/h2-19,23-24,29-30,39-42,51H,20-22,25-28H2,1H3,(H2,49,58)(H,50,52)(H,53,59)(H,54,61)(H,55,62)(H,56,60)(H,57,63)(H2,64,65,66)/t30-,39?,40+,41+,42+/m0/s1. The fraction of sp³-hybridized carbons (Fsp3) is 0.271. The number of imidazole rings is 1. The Morgan fingerprint density at radius 3 is 1.81 bits per heavy atom. The van der Waals surface area contributed by atoms with E-state index in [-0.39, 0.29) is 32.5 Å². The summed E-state index contributed by atoms with van der Waals surface area (Å²) >= 11 is 0. The molecule has 0 bridgehead atoms. The third kappa shape index (κ3) is 16.0. The van der Waals surface area contributed by atoms with Gasteiger partial charge in [0.05, 0.1) is 25.7 Å². The molecule has 0 saturated heterocycles. The summed E-state index contributed by atoms with van der Waals surface area (Å²) in [6.07, 6.45) is 2.72. The molecule has 1 unspecified atom stereocenters. The normalized spacial score (nSPS) is 13.5. The van der Waals surface area contributed by atoms with Gasteiger partial charge in [-0.15, -0.1) is 0 Å². The predicted octanol–water partition coefficient (Wildman–Crippen LogP) is 2.55. The number of rotatable bonds is 24. The van der Waals surface area contributed by atoms with Crippen LogP contribution >= 0.6 is 7.60 Å². The lowest BCUT2D eigenvalue weighted by molar-refractivity contribution is -0.135. The highest BCUT2D eigenvalue weighted by Crippen LogP contribution is 2.39. The average Bonchev–Trinajstić information content (AvgIpc) is 4.00. The number of carbonyl (C=O) groups is 6. The van der Waals surface area contributed by atoms with E-state index >= 15 is 0 Å². The van der Waals surface area contributed by atoms with Gasteiger partial charge < -0.3 is 61.5 Å². The quantitative estimate of drug-likeness (QED) is 0.0392. The summed E-state index contributed by atoms with van der Waals surface area (Å²) < 4.78 is 23.1. The van der Waals surface area contributed by atoms with Gasteiger partial charge in [0, 0.05) is 48.3 Å². The number of carbonyl (C=O) groups excluding carboxylic acids is 6. The van der Waals surface area contributed by atoms with E-state index in [1.54, 1.807) is 60.8 Å². The Hall–Kier alpha value is -7.64. The second-order valence-electron chi connectivity index (χ2n) is 16.3. The van der Waals surface area contributed by atoms with Gasteiger partial charge in [0.25, 0.3) is 0 Å². The zero-order chi connectivity index (χ0) is 49.3. The van der Waals surface area contributed by atoms with Crippen molar-refractivity contribution in [3.63, 3.8) is 0 Å². The van der Waals surface area contributed by atoms with Crippen molar-refractivity contribution in [1.29, 1.82) is 0 Å². The Morgan fingerprint density at radius 1 is 0.638 bits per heavy atom. The molecule has 0 aliphatic carbocycles. The van der Waals surface area contributed by atoms with Crippen molar-refractivity contribution in [3.05, 3.63) is 161 Å².